The molecule has 94 valence electrons. The number of carbonyl (C=O) groups is 1. The van der Waals surface area contributed by atoms with Crippen LogP contribution in [0.25, 0.3) is 0 Å². The first-order valence-corrected chi connectivity index (χ1v) is 7.32. The maximum absolute atomic E-state index is 11.4. The third-order valence-electron chi connectivity index (χ3n) is 3.87. The summed E-state index contributed by atoms with van der Waals surface area (Å²) in [6.07, 6.45) is 2.94. The molecule has 3 rings (SSSR count). The van der Waals surface area contributed by atoms with E-state index in [1.165, 1.54) is 22.9 Å². The minimum Gasteiger partial charge on any atom is -0.293 e. The molecule has 1 saturated heterocycles. The third-order valence-corrected chi connectivity index (χ3v) is 5.04. The van der Waals surface area contributed by atoms with Crippen LogP contribution in [0, 0.1) is 0 Å². The first kappa shape index (κ1) is 12.0. The number of nitrogens with zero attached hydrogens (tertiary/aromatic N) is 1. The Bertz CT molecular complexity index is 483. The van der Waals surface area contributed by atoms with Gasteiger partial charge in [0.2, 0.25) is 5.12 Å². The van der Waals surface area contributed by atoms with E-state index in [1.54, 1.807) is 0 Å². The molecule has 1 fully saturated rings. The number of likely N-dealkylation sites (tertiary alicyclic amines) is 1. The van der Waals surface area contributed by atoms with Gasteiger partial charge in [0.25, 0.3) is 0 Å². The molecule has 2 atom stereocenters. The molecule has 0 N–H and O–H groups in total. The summed E-state index contributed by atoms with van der Waals surface area (Å²) in [4.78, 5) is 13.9. The van der Waals surface area contributed by atoms with Crippen LogP contribution in [-0.4, -0.2) is 28.4 Å². The van der Waals surface area contributed by atoms with Crippen molar-refractivity contribution in [3.63, 3.8) is 0 Å². The lowest BCUT2D eigenvalue weighted by Crippen LogP contribution is -2.37. The van der Waals surface area contributed by atoms with Crippen molar-refractivity contribution in [2.24, 2.45) is 0 Å². The Morgan fingerprint density at radius 1 is 1.33 bits per heavy atom. The van der Waals surface area contributed by atoms with E-state index in [0.29, 0.717) is 11.3 Å². The normalized spacial score (nSPS) is 25.7. The molecular formula is C15H17NOS. The zero-order valence-corrected chi connectivity index (χ0v) is 11.3. The Morgan fingerprint density at radius 2 is 2.11 bits per heavy atom. The van der Waals surface area contributed by atoms with Crippen LogP contribution in [0.15, 0.2) is 42.0 Å². The molecule has 0 radical (unpaired) electrons. The van der Waals surface area contributed by atoms with Crippen LogP contribution < -0.4 is 0 Å². The van der Waals surface area contributed by atoms with E-state index in [4.69, 9.17) is 0 Å². The second kappa shape index (κ2) is 4.90. The summed E-state index contributed by atoms with van der Waals surface area (Å²) in [5.41, 5.74) is 2.67. The van der Waals surface area contributed by atoms with Crippen LogP contribution in [0.2, 0.25) is 0 Å². The molecule has 0 aliphatic carbocycles. The molecule has 2 unspecified atom stereocenters. The number of rotatable bonds is 2. The topological polar surface area (TPSA) is 20.3 Å². The number of hydrogen-bond donors (Lipinski definition) is 0. The van der Waals surface area contributed by atoms with Gasteiger partial charge in [-0.1, -0.05) is 42.1 Å². The number of piperidine rings is 1. The van der Waals surface area contributed by atoms with Crippen molar-refractivity contribution < 1.29 is 4.79 Å². The van der Waals surface area contributed by atoms with E-state index in [2.05, 4.69) is 42.2 Å². The third kappa shape index (κ3) is 2.25. The first-order chi connectivity index (χ1) is 8.74. The van der Waals surface area contributed by atoms with Gasteiger partial charge in [0.1, 0.15) is 0 Å². The van der Waals surface area contributed by atoms with Crippen molar-refractivity contribution in [3.8, 4) is 0 Å². The minimum atomic E-state index is 0.240. The van der Waals surface area contributed by atoms with Crippen LogP contribution in [0.5, 0.6) is 0 Å². The highest BCUT2D eigenvalue weighted by molar-refractivity contribution is 8.15. The Balaban J connectivity index is 1.75. The predicted octanol–water partition coefficient (Wildman–Crippen LogP) is 3.02. The van der Waals surface area contributed by atoms with Crippen LogP contribution in [-0.2, 0) is 4.79 Å². The van der Waals surface area contributed by atoms with Crippen LogP contribution in [0.1, 0.15) is 24.9 Å². The Labute approximate surface area is 112 Å². The fourth-order valence-corrected chi connectivity index (χ4v) is 3.77. The smallest absolute Gasteiger partial charge is 0.212 e. The minimum absolute atomic E-state index is 0.240. The SMILES string of the molecule is CC(c1ccccc1)N1CCC2SC(=O)C=C2C1. The summed E-state index contributed by atoms with van der Waals surface area (Å²) < 4.78 is 0. The average molecular weight is 259 g/mol. The van der Waals surface area contributed by atoms with E-state index < -0.39 is 0 Å². The first-order valence-electron chi connectivity index (χ1n) is 6.44. The van der Waals surface area contributed by atoms with Crippen molar-refractivity contribution in [2.45, 2.75) is 24.6 Å². The number of carbonyl (C=O) groups excluding carboxylic acids is 1. The van der Waals surface area contributed by atoms with Gasteiger partial charge in [-0.25, -0.2) is 0 Å². The lowest BCUT2D eigenvalue weighted by atomic mass is 9.99. The van der Waals surface area contributed by atoms with Crippen LogP contribution in [0.3, 0.4) is 0 Å². The van der Waals surface area contributed by atoms with Crippen molar-refractivity contribution in [1.29, 1.82) is 0 Å². The monoisotopic (exact) mass is 259 g/mol. The standard InChI is InChI=1S/C15H17NOS/c1-11(12-5-3-2-4-6-12)16-8-7-14-13(10-16)9-15(17)18-14/h2-6,9,11,14H,7-8,10H2,1H3. The molecule has 2 heterocycles. The van der Waals surface area contributed by atoms with Gasteiger partial charge in [-0.15, -0.1) is 0 Å². The highest BCUT2D eigenvalue weighted by Crippen LogP contribution is 2.36. The van der Waals surface area contributed by atoms with Gasteiger partial charge < -0.3 is 0 Å². The maximum Gasteiger partial charge on any atom is 0.212 e. The van der Waals surface area contributed by atoms with Gasteiger partial charge in [-0.2, -0.15) is 0 Å². The number of hydrogen-bond acceptors (Lipinski definition) is 3. The number of thioether (sulfide) groups is 1. The number of fused-ring (bicyclic) bond motifs is 1. The summed E-state index contributed by atoms with van der Waals surface area (Å²) in [5, 5.41) is 0.695. The number of benzene rings is 1. The van der Waals surface area contributed by atoms with Crippen molar-refractivity contribution in [3.05, 3.63) is 47.5 Å². The second-order valence-corrected chi connectivity index (χ2v) is 6.20. The molecule has 1 aromatic carbocycles. The molecule has 3 heteroatoms. The van der Waals surface area contributed by atoms with Gasteiger partial charge in [0, 0.05) is 24.4 Å². The lowest BCUT2D eigenvalue weighted by Gasteiger charge is -2.35. The van der Waals surface area contributed by atoms with Gasteiger partial charge in [-0.05, 0) is 30.6 Å². The van der Waals surface area contributed by atoms with Gasteiger partial charge in [-0.3, -0.25) is 9.69 Å². The fourth-order valence-electron chi connectivity index (χ4n) is 2.76. The summed E-state index contributed by atoms with van der Waals surface area (Å²) >= 11 is 1.50. The van der Waals surface area contributed by atoms with Gasteiger partial charge in [0.15, 0.2) is 0 Å². The van der Waals surface area contributed by atoms with E-state index in [9.17, 15) is 4.79 Å². The molecule has 1 aromatic rings. The molecule has 0 amide bonds. The van der Waals surface area contributed by atoms with Crippen molar-refractivity contribution in [2.75, 3.05) is 13.1 Å². The van der Waals surface area contributed by atoms with Crippen molar-refractivity contribution in [1.82, 2.24) is 4.90 Å². The molecule has 0 spiro atoms. The van der Waals surface area contributed by atoms with Crippen LogP contribution >= 0.6 is 11.8 Å². The summed E-state index contributed by atoms with van der Waals surface area (Å²) in [7, 11) is 0. The molecule has 2 nitrogen and oxygen atoms in total. The molecule has 0 bridgehead atoms. The van der Waals surface area contributed by atoms with Gasteiger partial charge in [0.05, 0.1) is 0 Å². The Kier molecular flexibility index (Phi) is 3.27. The van der Waals surface area contributed by atoms with Gasteiger partial charge >= 0.3 is 0 Å². The molecule has 2 aliphatic heterocycles. The molecular weight excluding hydrogens is 242 g/mol. The fraction of sp³-hybridized carbons (Fsp3) is 0.400. The van der Waals surface area contributed by atoms with E-state index in [-0.39, 0.29) is 5.12 Å². The van der Waals surface area contributed by atoms with E-state index in [1.807, 2.05) is 6.08 Å². The lowest BCUT2D eigenvalue weighted by molar-refractivity contribution is -0.106. The quantitative estimate of drug-likeness (QED) is 0.814. The molecule has 0 aromatic heterocycles. The highest BCUT2D eigenvalue weighted by Gasteiger charge is 2.32. The molecule has 18 heavy (non-hydrogen) atoms. The highest BCUT2D eigenvalue weighted by atomic mass is 32.2. The second-order valence-electron chi connectivity index (χ2n) is 4.99. The van der Waals surface area contributed by atoms with Crippen LogP contribution in [0.4, 0.5) is 0 Å². The Hall–Kier alpha value is -1.06. The molecule has 2 aliphatic rings. The zero-order valence-electron chi connectivity index (χ0n) is 10.5. The van der Waals surface area contributed by atoms with E-state index >= 15 is 0 Å². The average Bonchev–Trinajstić information content (AvgIpc) is 2.78. The largest absolute Gasteiger partial charge is 0.293 e. The predicted molar refractivity (Wildman–Crippen MR) is 75.5 cm³/mol. The summed E-state index contributed by atoms with van der Waals surface area (Å²) in [5.74, 6) is 0. The van der Waals surface area contributed by atoms with Crippen molar-refractivity contribution >= 4 is 16.9 Å². The zero-order chi connectivity index (χ0) is 12.5. The summed E-state index contributed by atoms with van der Waals surface area (Å²) in [6, 6.07) is 11.0. The maximum atomic E-state index is 11.4. The van der Waals surface area contributed by atoms with E-state index in [0.717, 1.165) is 19.5 Å². The summed E-state index contributed by atoms with van der Waals surface area (Å²) in [6.45, 7) is 4.28. The Morgan fingerprint density at radius 3 is 2.89 bits per heavy atom. The molecule has 0 saturated carbocycles.